The number of anilines is 1. The molecule has 1 aromatic carbocycles. The summed E-state index contributed by atoms with van der Waals surface area (Å²) in [7, 11) is 0. The highest BCUT2D eigenvalue weighted by molar-refractivity contribution is 6.13. The molecule has 2 aliphatic heterocycles. The van der Waals surface area contributed by atoms with Crippen LogP contribution in [0, 0.1) is 0 Å². The smallest absolute Gasteiger partial charge is 0.156 e. The van der Waals surface area contributed by atoms with E-state index in [1.807, 2.05) is 22.9 Å². The maximum Gasteiger partial charge on any atom is 0.156 e. The number of nitrogens with two attached hydrogens (primary N) is 1. The number of nitrogen functional groups attached to an aromatic ring is 1. The normalized spacial score (nSPS) is 26.2. The summed E-state index contributed by atoms with van der Waals surface area (Å²) in [6, 6.07) is 7.85. The molecule has 32 heavy (non-hydrogen) atoms. The van der Waals surface area contributed by atoms with Gasteiger partial charge < -0.3 is 20.5 Å². The predicted molar refractivity (Wildman–Crippen MR) is 123 cm³/mol. The van der Waals surface area contributed by atoms with Crippen molar-refractivity contribution >= 4 is 34.6 Å². The zero-order valence-corrected chi connectivity index (χ0v) is 17.5. The van der Waals surface area contributed by atoms with Crippen LogP contribution in [-0.4, -0.2) is 48.5 Å². The van der Waals surface area contributed by atoms with Gasteiger partial charge in [0.2, 0.25) is 0 Å². The molecule has 1 fully saturated rings. The van der Waals surface area contributed by atoms with E-state index in [-0.39, 0.29) is 6.04 Å². The van der Waals surface area contributed by atoms with Crippen molar-refractivity contribution in [1.82, 2.24) is 14.5 Å². The summed E-state index contributed by atoms with van der Waals surface area (Å²) in [5.74, 6) is 1.21. The van der Waals surface area contributed by atoms with E-state index in [1.54, 1.807) is 6.21 Å². The molecule has 4 heterocycles. The minimum atomic E-state index is -1.26. The van der Waals surface area contributed by atoms with Crippen LogP contribution in [0.1, 0.15) is 36.4 Å². The van der Waals surface area contributed by atoms with Gasteiger partial charge in [-0.05, 0) is 55.0 Å². The van der Waals surface area contributed by atoms with E-state index in [0.717, 1.165) is 34.5 Å². The number of allylic oxidation sites excluding steroid dienone is 1. The van der Waals surface area contributed by atoms with E-state index in [1.165, 1.54) is 11.9 Å². The van der Waals surface area contributed by atoms with Crippen molar-refractivity contribution in [2.45, 2.75) is 49.9 Å². The molecular formula is C24H24N6O2. The van der Waals surface area contributed by atoms with Crippen LogP contribution in [0.25, 0.3) is 11.0 Å². The standard InChI is InChI=1S/C24H24N6O2/c25-21-17-7-10-30(23(17)28-13-27-21)19-3-4-20(31)24(19,32)8-5-14-1-2-15-12-16-6-9-26-22(16)29-18(15)11-14/h1-2,6-7,9-11,13,19-20,31-32H,3-5,8,12H2,(H2,25,27,28). The van der Waals surface area contributed by atoms with Crippen LogP contribution < -0.4 is 5.73 Å². The lowest BCUT2D eigenvalue weighted by molar-refractivity contribution is -0.0811. The Bertz CT molecular complexity index is 1320. The molecule has 0 saturated heterocycles. The SMILES string of the molecule is Nc1ncnc2c1ccn2C1CCC(O)C1(O)CCc1ccc2c(c1)N=C1N=CC=C1C2. The molecule has 2 aromatic heterocycles. The molecule has 1 saturated carbocycles. The number of rotatable bonds is 4. The summed E-state index contributed by atoms with van der Waals surface area (Å²) in [5.41, 5.74) is 9.76. The summed E-state index contributed by atoms with van der Waals surface area (Å²) in [4.78, 5) is 17.4. The molecule has 0 bridgehead atoms. The van der Waals surface area contributed by atoms with Crippen LogP contribution in [0.4, 0.5) is 11.5 Å². The van der Waals surface area contributed by atoms with Crippen LogP contribution in [0.5, 0.6) is 0 Å². The zero-order valence-electron chi connectivity index (χ0n) is 17.5. The van der Waals surface area contributed by atoms with E-state index in [0.29, 0.717) is 37.1 Å². The van der Waals surface area contributed by atoms with Gasteiger partial charge in [-0.3, -0.25) is 0 Å². The fraction of sp³-hybridized carbons (Fsp3) is 0.333. The highest BCUT2D eigenvalue weighted by atomic mass is 16.3. The van der Waals surface area contributed by atoms with Gasteiger partial charge in [-0.2, -0.15) is 0 Å². The van der Waals surface area contributed by atoms with Gasteiger partial charge in [0.15, 0.2) is 5.84 Å². The second-order valence-corrected chi connectivity index (χ2v) is 8.86. The molecule has 0 spiro atoms. The number of nitrogens with zero attached hydrogens (tertiary/aromatic N) is 5. The van der Waals surface area contributed by atoms with Gasteiger partial charge in [-0.15, -0.1) is 0 Å². The third-order valence-corrected chi connectivity index (χ3v) is 7.07. The van der Waals surface area contributed by atoms with Crippen LogP contribution in [0.15, 0.2) is 58.4 Å². The Balaban J connectivity index is 1.28. The summed E-state index contributed by atoms with van der Waals surface area (Å²) < 4.78 is 1.94. The third kappa shape index (κ3) is 2.91. The number of fused-ring (bicyclic) bond motifs is 3. The van der Waals surface area contributed by atoms with Gasteiger partial charge in [0.25, 0.3) is 0 Å². The lowest BCUT2D eigenvalue weighted by atomic mass is 9.87. The molecule has 3 aliphatic rings. The number of amidine groups is 1. The largest absolute Gasteiger partial charge is 0.390 e. The maximum atomic E-state index is 11.6. The Morgan fingerprint density at radius 2 is 2.09 bits per heavy atom. The highest BCUT2D eigenvalue weighted by Crippen LogP contribution is 2.44. The molecule has 6 rings (SSSR count). The van der Waals surface area contributed by atoms with E-state index in [2.05, 4.69) is 38.2 Å². The molecular weight excluding hydrogens is 404 g/mol. The first kappa shape index (κ1) is 19.3. The van der Waals surface area contributed by atoms with Crippen molar-refractivity contribution in [3.05, 3.63) is 59.6 Å². The van der Waals surface area contributed by atoms with E-state index < -0.39 is 11.7 Å². The number of hydrogen-bond donors (Lipinski definition) is 3. The van der Waals surface area contributed by atoms with Gasteiger partial charge in [0.05, 0.1) is 23.2 Å². The first-order chi connectivity index (χ1) is 15.5. The number of aryl methyl sites for hydroxylation is 1. The second-order valence-electron chi connectivity index (χ2n) is 8.86. The molecule has 0 amide bonds. The van der Waals surface area contributed by atoms with Crippen LogP contribution in [0.2, 0.25) is 0 Å². The van der Waals surface area contributed by atoms with Crippen molar-refractivity contribution < 1.29 is 10.2 Å². The maximum absolute atomic E-state index is 11.6. The molecule has 1 aliphatic carbocycles. The molecule has 162 valence electrons. The molecule has 3 unspecified atom stereocenters. The first-order valence-electron chi connectivity index (χ1n) is 10.9. The highest BCUT2D eigenvalue weighted by Gasteiger charge is 2.49. The summed E-state index contributed by atoms with van der Waals surface area (Å²) in [6.07, 6.45) is 9.41. The van der Waals surface area contributed by atoms with Crippen molar-refractivity contribution in [1.29, 1.82) is 0 Å². The fourth-order valence-electron chi connectivity index (χ4n) is 5.27. The van der Waals surface area contributed by atoms with Crippen molar-refractivity contribution in [2.24, 2.45) is 9.98 Å². The predicted octanol–water partition coefficient (Wildman–Crippen LogP) is 2.67. The Labute approximate surface area is 184 Å². The number of hydrogen-bond acceptors (Lipinski definition) is 7. The van der Waals surface area contributed by atoms with E-state index in [9.17, 15) is 10.2 Å². The number of aromatic nitrogens is 3. The van der Waals surface area contributed by atoms with Gasteiger partial charge in [-0.25, -0.2) is 20.0 Å². The Morgan fingerprint density at radius 3 is 3.00 bits per heavy atom. The number of aliphatic imine (C=N–C) groups is 2. The minimum absolute atomic E-state index is 0.289. The summed E-state index contributed by atoms with van der Waals surface area (Å²) in [6.45, 7) is 0. The first-order valence-corrected chi connectivity index (χ1v) is 10.9. The molecule has 3 atom stereocenters. The molecule has 8 nitrogen and oxygen atoms in total. The van der Waals surface area contributed by atoms with Gasteiger partial charge >= 0.3 is 0 Å². The van der Waals surface area contributed by atoms with Gasteiger partial charge in [-0.1, -0.05) is 12.1 Å². The van der Waals surface area contributed by atoms with Gasteiger partial charge in [0, 0.05) is 24.4 Å². The third-order valence-electron chi connectivity index (χ3n) is 7.07. The minimum Gasteiger partial charge on any atom is -0.390 e. The Hall–Kier alpha value is -3.36. The number of benzene rings is 1. The second kappa shape index (κ2) is 7.08. The van der Waals surface area contributed by atoms with Crippen LogP contribution >= 0.6 is 0 Å². The summed E-state index contributed by atoms with van der Waals surface area (Å²) in [5, 5.41) is 23.2. The monoisotopic (exact) mass is 428 g/mol. The fourth-order valence-corrected chi connectivity index (χ4v) is 5.27. The zero-order chi connectivity index (χ0) is 21.9. The molecule has 0 radical (unpaired) electrons. The average molecular weight is 428 g/mol. The Morgan fingerprint density at radius 1 is 1.19 bits per heavy atom. The average Bonchev–Trinajstić information content (AvgIpc) is 3.49. The van der Waals surface area contributed by atoms with Crippen molar-refractivity contribution in [2.75, 3.05) is 5.73 Å². The van der Waals surface area contributed by atoms with Crippen molar-refractivity contribution in [3.63, 3.8) is 0 Å². The molecule has 4 N–H and O–H groups in total. The topological polar surface area (TPSA) is 122 Å². The number of aliphatic hydroxyl groups excluding tert-OH is 1. The lowest BCUT2D eigenvalue weighted by Crippen LogP contribution is -2.44. The van der Waals surface area contributed by atoms with Crippen LogP contribution in [0.3, 0.4) is 0 Å². The lowest BCUT2D eigenvalue weighted by Gasteiger charge is -2.34. The van der Waals surface area contributed by atoms with Crippen molar-refractivity contribution in [3.8, 4) is 0 Å². The quantitative estimate of drug-likeness (QED) is 0.590. The molecule has 8 heteroatoms. The van der Waals surface area contributed by atoms with E-state index in [4.69, 9.17) is 5.73 Å². The number of aliphatic hydroxyl groups is 2. The molecule has 3 aromatic rings. The van der Waals surface area contributed by atoms with Crippen LogP contribution in [-0.2, 0) is 12.8 Å². The van der Waals surface area contributed by atoms with E-state index >= 15 is 0 Å². The summed E-state index contributed by atoms with van der Waals surface area (Å²) >= 11 is 0. The van der Waals surface area contributed by atoms with Gasteiger partial charge in [0.1, 0.15) is 23.4 Å². The Kier molecular flexibility index (Phi) is 4.28.